The highest BCUT2D eigenvalue weighted by Gasteiger charge is 2.23. The summed E-state index contributed by atoms with van der Waals surface area (Å²) in [6.07, 6.45) is 6.64. The first-order chi connectivity index (χ1) is 6.38. The lowest BCUT2D eigenvalue weighted by molar-refractivity contribution is 0.477. The average Bonchev–Trinajstić information content (AvgIpc) is 2.71. The van der Waals surface area contributed by atoms with Gasteiger partial charge < -0.3 is 5.32 Å². The summed E-state index contributed by atoms with van der Waals surface area (Å²) in [6.45, 7) is 4.51. The van der Waals surface area contributed by atoms with Crippen molar-refractivity contribution in [1.82, 2.24) is 15.3 Å². The Balaban J connectivity index is 2.08. The minimum atomic E-state index is 0.531. The molecule has 1 aliphatic heterocycles. The van der Waals surface area contributed by atoms with Crippen LogP contribution in [0.4, 0.5) is 0 Å². The normalized spacial score (nSPS) is 24.5. The number of nitrogens with one attached hydrogen (secondary N) is 1. The Morgan fingerprint density at radius 1 is 1.54 bits per heavy atom. The molecule has 0 radical (unpaired) electrons. The van der Waals surface area contributed by atoms with E-state index >= 15 is 0 Å². The zero-order valence-electron chi connectivity index (χ0n) is 7.90. The van der Waals surface area contributed by atoms with Crippen molar-refractivity contribution in [2.75, 3.05) is 13.1 Å². The zero-order valence-corrected chi connectivity index (χ0v) is 7.90. The minimum Gasteiger partial charge on any atom is -0.316 e. The predicted molar refractivity (Wildman–Crippen MR) is 51.4 cm³/mol. The molecule has 0 bridgehead atoms. The Hall–Kier alpha value is -0.960. The average molecular weight is 177 g/mol. The van der Waals surface area contributed by atoms with E-state index in [1.807, 2.05) is 6.20 Å². The van der Waals surface area contributed by atoms with Gasteiger partial charge in [-0.15, -0.1) is 0 Å². The maximum atomic E-state index is 4.33. The number of hydrogen-bond acceptors (Lipinski definition) is 3. The van der Waals surface area contributed by atoms with Gasteiger partial charge in [-0.05, 0) is 25.4 Å². The highest BCUT2D eigenvalue weighted by Crippen LogP contribution is 2.26. The summed E-state index contributed by atoms with van der Waals surface area (Å²) in [5.41, 5.74) is 1.12. The van der Waals surface area contributed by atoms with Crippen molar-refractivity contribution in [1.29, 1.82) is 0 Å². The molecule has 2 atom stereocenters. The Bertz CT molecular complexity index is 254. The summed E-state index contributed by atoms with van der Waals surface area (Å²) in [5, 5.41) is 3.37. The molecule has 2 unspecified atom stereocenters. The second-order valence-corrected chi connectivity index (χ2v) is 3.67. The minimum absolute atomic E-state index is 0.531. The van der Waals surface area contributed by atoms with Crippen molar-refractivity contribution in [3.63, 3.8) is 0 Å². The van der Waals surface area contributed by atoms with Crippen LogP contribution in [0.1, 0.15) is 25.0 Å². The largest absolute Gasteiger partial charge is 0.316 e. The van der Waals surface area contributed by atoms with E-state index in [9.17, 15) is 0 Å². The highest BCUT2D eigenvalue weighted by molar-refractivity contribution is 5.04. The summed E-state index contributed by atoms with van der Waals surface area (Å²) in [5.74, 6) is 1.26. The molecule has 0 saturated carbocycles. The molecular formula is C10H15N3. The van der Waals surface area contributed by atoms with Crippen LogP contribution in [-0.2, 0) is 0 Å². The van der Waals surface area contributed by atoms with Gasteiger partial charge in [-0.2, -0.15) is 0 Å². The molecule has 0 aromatic carbocycles. The lowest BCUT2D eigenvalue weighted by atomic mass is 9.91. The molecule has 1 N–H and O–H groups in total. The Morgan fingerprint density at radius 3 is 3.08 bits per heavy atom. The second-order valence-electron chi connectivity index (χ2n) is 3.67. The van der Waals surface area contributed by atoms with Crippen LogP contribution in [0, 0.1) is 5.92 Å². The number of rotatable bonds is 2. The summed E-state index contributed by atoms with van der Waals surface area (Å²) in [7, 11) is 0. The summed E-state index contributed by atoms with van der Waals surface area (Å²) < 4.78 is 0. The van der Waals surface area contributed by atoms with Gasteiger partial charge in [0.2, 0.25) is 0 Å². The van der Waals surface area contributed by atoms with E-state index in [1.54, 1.807) is 12.4 Å². The van der Waals surface area contributed by atoms with Crippen LogP contribution in [0.3, 0.4) is 0 Å². The van der Waals surface area contributed by atoms with E-state index in [1.165, 1.54) is 6.42 Å². The van der Waals surface area contributed by atoms with Gasteiger partial charge in [0.25, 0.3) is 0 Å². The van der Waals surface area contributed by atoms with Gasteiger partial charge in [0.1, 0.15) is 0 Å². The molecule has 2 heterocycles. The smallest absolute Gasteiger partial charge is 0.0618 e. The van der Waals surface area contributed by atoms with Crippen molar-refractivity contribution < 1.29 is 0 Å². The monoisotopic (exact) mass is 177 g/mol. The molecule has 3 heteroatoms. The molecular weight excluding hydrogens is 162 g/mol. The Labute approximate surface area is 78.6 Å². The van der Waals surface area contributed by atoms with E-state index in [0.29, 0.717) is 5.92 Å². The van der Waals surface area contributed by atoms with Crippen LogP contribution in [-0.4, -0.2) is 23.1 Å². The SMILES string of the molecule is CC(c1cnccn1)C1CCNC1. The zero-order chi connectivity index (χ0) is 9.10. The first-order valence-electron chi connectivity index (χ1n) is 4.84. The molecule has 2 rings (SSSR count). The fourth-order valence-electron chi connectivity index (χ4n) is 1.89. The Morgan fingerprint density at radius 2 is 2.46 bits per heavy atom. The van der Waals surface area contributed by atoms with Gasteiger partial charge in [0.05, 0.1) is 5.69 Å². The van der Waals surface area contributed by atoms with Crippen LogP contribution >= 0.6 is 0 Å². The van der Waals surface area contributed by atoms with E-state index in [-0.39, 0.29) is 0 Å². The topological polar surface area (TPSA) is 37.8 Å². The molecule has 1 aromatic heterocycles. The first-order valence-corrected chi connectivity index (χ1v) is 4.84. The van der Waals surface area contributed by atoms with Crippen molar-refractivity contribution in [3.05, 3.63) is 24.3 Å². The molecule has 1 fully saturated rings. The lowest BCUT2D eigenvalue weighted by Gasteiger charge is -2.16. The quantitative estimate of drug-likeness (QED) is 0.737. The van der Waals surface area contributed by atoms with Gasteiger partial charge in [-0.3, -0.25) is 9.97 Å². The van der Waals surface area contributed by atoms with Crippen LogP contribution in [0.15, 0.2) is 18.6 Å². The van der Waals surface area contributed by atoms with Gasteiger partial charge in [-0.1, -0.05) is 6.92 Å². The molecule has 1 aromatic rings. The van der Waals surface area contributed by atoms with E-state index < -0.39 is 0 Å². The lowest BCUT2D eigenvalue weighted by Crippen LogP contribution is -2.15. The third kappa shape index (κ3) is 1.86. The molecule has 70 valence electrons. The van der Waals surface area contributed by atoms with Gasteiger partial charge in [-0.25, -0.2) is 0 Å². The standard InChI is InChI=1S/C10H15N3/c1-8(9-2-3-11-6-9)10-7-12-4-5-13-10/h4-5,7-9,11H,2-3,6H2,1H3. The summed E-state index contributed by atoms with van der Waals surface area (Å²) in [6, 6.07) is 0. The molecule has 0 amide bonds. The Kier molecular flexibility index (Phi) is 2.54. The van der Waals surface area contributed by atoms with Crippen molar-refractivity contribution in [2.24, 2.45) is 5.92 Å². The number of nitrogens with zero attached hydrogens (tertiary/aromatic N) is 2. The fourth-order valence-corrected chi connectivity index (χ4v) is 1.89. The fraction of sp³-hybridized carbons (Fsp3) is 0.600. The van der Waals surface area contributed by atoms with Crippen LogP contribution in [0.2, 0.25) is 0 Å². The highest BCUT2D eigenvalue weighted by atomic mass is 14.9. The third-order valence-corrected chi connectivity index (χ3v) is 2.86. The van der Waals surface area contributed by atoms with E-state index in [0.717, 1.165) is 24.7 Å². The van der Waals surface area contributed by atoms with Gasteiger partial charge in [0.15, 0.2) is 0 Å². The maximum absolute atomic E-state index is 4.33. The van der Waals surface area contributed by atoms with E-state index in [2.05, 4.69) is 22.2 Å². The summed E-state index contributed by atoms with van der Waals surface area (Å²) in [4.78, 5) is 8.43. The van der Waals surface area contributed by atoms with Crippen molar-refractivity contribution >= 4 is 0 Å². The van der Waals surface area contributed by atoms with Crippen LogP contribution in [0.5, 0.6) is 0 Å². The van der Waals surface area contributed by atoms with Crippen molar-refractivity contribution in [3.8, 4) is 0 Å². The van der Waals surface area contributed by atoms with Crippen LogP contribution in [0.25, 0.3) is 0 Å². The number of hydrogen-bond donors (Lipinski definition) is 1. The van der Waals surface area contributed by atoms with E-state index in [4.69, 9.17) is 0 Å². The first kappa shape index (κ1) is 8.63. The number of aromatic nitrogens is 2. The molecule has 13 heavy (non-hydrogen) atoms. The van der Waals surface area contributed by atoms with Gasteiger partial charge in [0, 0.05) is 24.5 Å². The van der Waals surface area contributed by atoms with Crippen LogP contribution < -0.4 is 5.32 Å². The molecule has 3 nitrogen and oxygen atoms in total. The van der Waals surface area contributed by atoms with Gasteiger partial charge >= 0.3 is 0 Å². The van der Waals surface area contributed by atoms with Crippen molar-refractivity contribution in [2.45, 2.75) is 19.3 Å². The molecule has 0 spiro atoms. The predicted octanol–water partition coefficient (Wildman–Crippen LogP) is 1.19. The third-order valence-electron chi connectivity index (χ3n) is 2.86. The molecule has 1 saturated heterocycles. The second kappa shape index (κ2) is 3.83. The molecule has 1 aliphatic rings. The maximum Gasteiger partial charge on any atom is 0.0618 e. The summed E-state index contributed by atoms with van der Waals surface area (Å²) >= 11 is 0. The molecule has 0 aliphatic carbocycles.